The molecule has 108 valence electrons. The Kier molecular flexibility index (Phi) is 5.79. The number of carbonyl (C=O) groups excluding carboxylic acids is 1. The zero-order valence-corrected chi connectivity index (χ0v) is 11.6. The highest BCUT2D eigenvalue weighted by molar-refractivity contribution is 6.35. The number of carboxylic acid groups (broad SMARTS) is 2. The third kappa shape index (κ3) is 4.71. The molecule has 0 bridgehead atoms. The summed E-state index contributed by atoms with van der Waals surface area (Å²) in [5.41, 5.74) is 0.0285. The Morgan fingerprint density at radius 2 is 1.85 bits per heavy atom. The monoisotopic (exact) mass is 319 g/mol. The summed E-state index contributed by atoms with van der Waals surface area (Å²) in [5, 5.41) is 20.1. The minimum absolute atomic E-state index is 0.0285. The number of hydrogen-bond acceptors (Lipinski definition) is 3. The van der Waals surface area contributed by atoms with Crippen LogP contribution in [0.25, 0.3) is 0 Å². The first kappa shape index (κ1) is 16.3. The van der Waals surface area contributed by atoms with Crippen LogP contribution in [-0.4, -0.2) is 34.1 Å². The van der Waals surface area contributed by atoms with Gasteiger partial charge in [-0.3, -0.25) is 9.59 Å². The second-order valence-corrected chi connectivity index (χ2v) is 4.76. The van der Waals surface area contributed by atoms with Gasteiger partial charge in [0, 0.05) is 11.4 Å². The van der Waals surface area contributed by atoms with Crippen molar-refractivity contribution in [3.05, 3.63) is 33.8 Å². The number of carboxylic acids is 2. The molecule has 0 radical (unpaired) electrons. The third-order valence-corrected chi connectivity index (χ3v) is 2.99. The maximum atomic E-state index is 11.9. The molecule has 0 fully saturated rings. The molecule has 1 aromatic rings. The minimum Gasteiger partial charge on any atom is -0.481 e. The lowest BCUT2D eigenvalue weighted by atomic mass is 10.1. The van der Waals surface area contributed by atoms with Gasteiger partial charge in [-0.25, -0.2) is 4.79 Å². The average Bonchev–Trinajstić information content (AvgIpc) is 2.36. The number of amides is 1. The van der Waals surface area contributed by atoms with Crippen LogP contribution >= 0.6 is 23.2 Å². The van der Waals surface area contributed by atoms with Gasteiger partial charge in [-0.1, -0.05) is 23.2 Å². The van der Waals surface area contributed by atoms with E-state index in [9.17, 15) is 14.4 Å². The largest absolute Gasteiger partial charge is 0.481 e. The van der Waals surface area contributed by atoms with Crippen molar-refractivity contribution in [2.45, 2.75) is 18.9 Å². The maximum absolute atomic E-state index is 11.9. The Hall–Kier alpha value is -1.79. The lowest BCUT2D eigenvalue weighted by molar-refractivity contribution is -0.140. The van der Waals surface area contributed by atoms with Crippen molar-refractivity contribution >= 4 is 41.0 Å². The highest BCUT2D eigenvalue weighted by Gasteiger charge is 2.22. The van der Waals surface area contributed by atoms with Gasteiger partial charge in [0.1, 0.15) is 6.04 Å². The molecule has 0 saturated heterocycles. The summed E-state index contributed by atoms with van der Waals surface area (Å²) in [7, 11) is 0. The van der Waals surface area contributed by atoms with Gasteiger partial charge in [0.15, 0.2) is 0 Å². The van der Waals surface area contributed by atoms with Gasteiger partial charge in [0.25, 0.3) is 5.91 Å². The molecule has 20 heavy (non-hydrogen) atoms. The van der Waals surface area contributed by atoms with Gasteiger partial charge in [-0.15, -0.1) is 0 Å². The minimum atomic E-state index is -1.32. The number of aliphatic carboxylic acids is 2. The highest BCUT2D eigenvalue weighted by atomic mass is 35.5. The molecule has 1 aromatic carbocycles. The van der Waals surface area contributed by atoms with E-state index in [0.29, 0.717) is 0 Å². The number of carbonyl (C=O) groups is 3. The Labute approximate surface area is 124 Å². The topological polar surface area (TPSA) is 104 Å². The normalized spacial score (nSPS) is 11.7. The third-order valence-electron chi connectivity index (χ3n) is 2.42. The first-order chi connectivity index (χ1) is 9.31. The van der Waals surface area contributed by atoms with E-state index >= 15 is 0 Å². The van der Waals surface area contributed by atoms with E-state index in [1.165, 1.54) is 18.2 Å². The van der Waals surface area contributed by atoms with Gasteiger partial charge in [-0.05, 0) is 24.6 Å². The summed E-state index contributed by atoms with van der Waals surface area (Å²) in [5.74, 6) is -3.20. The summed E-state index contributed by atoms with van der Waals surface area (Å²) in [4.78, 5) is 33.3. The van der Waals surface area contributed by atoms with Gasteiger partial charge in [0.2, 0.25) is 0 Å². The van der Waals surface area contributed by atoms with Crippen LogP contribution in [0.2, 0.25) is 10.0 Å². The Bertz CT molecular complexity index is 547. The molecule has 0 aliphatic carbocycles. The van der Waals surface area contributed by atoms with Crippen LogP contribution in [0, 0.1) is 0 Å². The van der Waals surface area contributed by atoms with Crippen molar-refractivity contribution in [1.29, 1.82) is 0 Å². The molecule has 0 unspecified atom stereocenters. The molecule has 0 aliphatic rings. The summed E-state index contributed by atoms with van der Waals surface area (Å²) in [6, 6.07) is 2.88. The molecule has 0 aromatic heterocycles. The predicted molar refractivity (Wildman–Crippen MR) is 72.2 cm³/mol. The van der Waals surface area contributed by atoms with Crippen LogP contribution < -0.4 is 5.32 Å². The van der Waals surface area contributed by atoms with E-state index in [0.717, 1.165) is 0 Å². The van der Waals surface area contributed by atoms with Gasteiger partial charge in [0.05, 0.1) is 10.6 Å². The fourth-order valence-electron chi connectivity index (χ4n) is 1.43. The van der Waals surface area contributed by atoms with Crippen molar-refractivity contribution in [3.63, 3.8) is 0 Å². The van der Waals surface area contributed by atoms with Crippen molar-refractivity contribution < 1.29 is 24.6 Å². The highest BCUT2D eigenvalue weighted by Crippen LogP contribution is 2.20. The van der Waals surface area contributed by atoms with E-state index < -0.39 is 23.9 Å². The number of hydrogen-bond donors (Lipinski definition) is 3. The molecular formula is C12H11Cl2NO5. The second-order valence-electron chi connectivity index (χ2n) is 3.92. The first-order valence-corrected chi connectivity index (χ1v) is 6.27. The summed E-state index contributed by atoms with van der Waals surface area (Å²) in [6.07, 6.45) is -0.602. The van der Waals surface area contributed by atoms with Gasteiger partial charge < -0.3 is 15.5 Å². The fraction of sp³-hybridized carbons (Fsp3) is 0.250. The molecule has 0 heterocycles. The molecule has 0 aliphatic heterocycles. The standard InChI is InChI=1S/C12H11Cl2NO5/c13-6-1-2-8(14)7(5-6)11(18)15-9(12(19)20)3-4-10(16)17/h1-2,5,9H,3-4H2,(H,15,18)(H,16,17)(H,19,20)/t9-/m0/s1. The van der Waals surface area contributed by atoms with E-state index in [2.05, 4.69) is 5.32 Å². The van der Waals surface area contributed by atoms with Crippen LogP contribution in [-0.2, 0) is 9.59 Å². The van der Waals surface area contributed by atoms with Crippen molar-refractivity contribution in [3.8, 4) is 0 Å². The van der Waals surface area contributed by atoms with E-state index in [-0.39, 0.29) is 28.5 Å². The van der Waals surface area contributed by atoms with Crippen LogP contribution in [0.15, 0.2) is 18.2 Å². The molecule has 1 atom stereocenters. The molecule has 1 rings (SSSR count). The molecule has 0 spiro atoms. The number of halogens is 2. The SMILES string of the molecule is O=C(O)CC[C@H](NC(=O)c1cc(Cl)ccc1Cl)C(=O)O. The van der Waals surface area contributed by atoms with E-state index in [1.54, 1.807) is 0 Å². The smallest absolute Gasteiger partial charge is 0.326 e. The molecule has 3 N–H and O–H groups in total. The Morgan fingerprint density at radius 1 is 1.20 bits per heavy atom. The first-order valence-electron chi connectivity index (χ1n) is 5.51. The molecule has 1 amide bonds. The van der Waals surface area contributed by atoms with E-state index in [1.807, 2.05) is 0 Å². The molecule has 8 heteroatoms. The average molecular weight is 320 g/mol. The fourth-order valence-corrected chi connectivity index (χ4v) is 1.81. The van der Waals surface area contributed by atoms with Crippen LogP contribution in [0.5, 0.6) is 0 Å². The van der Waals surface area contributed by atoms with Gasteiger partial charge >= 0.3 is 11.9 Å². The van der Waals surface area contributed by atoms with E-state index in [4.69, 9.17) is 33.4 Å². The maximum Gasteiger partial charge on any atom is 0.326 e. The zero-order valence-electron chi connectivity index (χ0n) is 10.1. The van der Waals surface area contributed by atoms with Crippen molar-refractivity contribution in [1.82, 2.24) is 5.32 Å². The second kappa shape index (κ2) is 7.12. The van der Waals surface area contributed by atoms with Crippen molar-refractivity contribution in [2.75, 3.05) is 0 Å². The summed E-state index contributed by atoms with van der Waals surface area (Å²) < 4.78 is 0. The summed E-state index contributed by atoms with van der Waals surface area (Å²) >= 11 is 11.6. The number of benzene rings is 1. The summed E-state index contributed by atoms with van der Waals surface area (Å²) in [6.45, 7) is 0. The number of rotatable bonds is 6. The Morgan fingerprint density at radius 3 is 2.40 bits per heavy atom. The quantitative estimate of drug-likeness (QED) is 0.744. The van der Waals surface area contributed by atoms with Crippen molar-refractivity contribution in [2.24, 2.45) is 0 Å². The Balaban J connectivity index is 2.82. The van der Waals surface area contributed by atoms with Crippen LogP contribution in [0.4, 0.5) is 0 Å². The lowest BCUT2D eigenvalue weighted by Crippen LogP contribution is -2.41. The zero-order chi connectivity index (χ0) is 15.3. The van der Waals surface area contributed by atoms with Crippen LogP contribution in [0.1, 0.15) is 23.2 Å². The molecule has 0 saturated carbocycles. The molecule has 6 nitrogen and oxygen atoms in total. The van der Waals surface area contributed by atoms with Crippen LogP contribution in [0.3, 0.4) is 0 Å². The lowest BCUT2D eigenvalue weighted by Gasteiger charge is -2.14. The predicted octanol–water partition coefficient (Wildman–Crippen LogP) is 2.04. The number of nitrogens with one attached hydrogen (secondary N) is 1. The molecular weight excluding hydrogens is 309 g/mol. The van der Waals surface area contributed by atoms with Gasteiger partial charge in [-0.2, -0.15) is 0 Å².